The Balaban J connectivity index is 1.83. The SMILES string of the molecule is CN1CCOC(Cc2c(-c3ccc(Br)cc3Cl)nc3cc(Cl)ccn23)C1. The van der Waals surface area contributed by atoms with E-state index in [0.29, 0.717) is 10.0 Å². The van der Waals surface area contributed by atoms with Crippen LogP contribution in [0.25, 0.3) is 16.9 Å². The summed E-state index contributed by atoms with van der Waals surface area (Å²) >= 11 is 16.2. The van der Waals surface area contributed by atoms with Gasteiger partial charge >= 0.3 is 0 Å². The molecule has 1 aliphatic heterocycles. The van der Waals surface area contributed by atoms with Gasteiger partial charge in [0.2, 0.25) is 0 Å². The molecule has 26 heavy (non-hydrogen) atoms. The van der Waals surface area contributed by atoms with Crippen molar-refractivity contribution in [3.8, 4) is 11.3 Å². The minimum Gasteiger partial charge on any atom is -0.375 e. The lowest BCUT2D eigenvalue weighted by Gasteiger charge is -2.30. The summed E-state index contributed by atoms with van der Waals surface area (Å²) in [7, 11) is 2.12. The van der Waals surface area contributed by atoms with Crippen molar-refractivity contribution in [2.24, 2.45) is 0 Å². The number of imidazole rings is 1. The second-order valence-electron chi connectivity index (χ2n) is 6.56. The lowest BCUT2D eigenvalue weighted by molar-refractivity contribution is -0.0190. The molecule has 0 radical (unpaired) electrons. The molecule has 0 saturated carbocycles. The predicted molar refractivity (Wildman–Crippen MR) is 109 cm³/mol. The molecule has 0 bridgehead atoms. The van der Waals surface area contributed by atoms with Gasteiger partial charge in [-0.3, -0.25) is 0 Å². The summed E-state index contributed by atoms with van der Waals surface area (Å²) in [6.07, 6.45) is 2.84. The fourth-order valence-electron chi connectivity index (χ4n) is 3.37. The summed E-state index contributed by atoms with van der Waals surface area (Å²) in [5.41, 5.74) is 3.68. The third kappa shape index (κ3) is 3.64. The highest BCUT2D eigenvalue weighted by Crippen LogP contribution is 2.34. The third-order valence-corrected chi connectivity index (χ3v) is 5.68. The zero-order chi connectivity index (χ0) is 18.3. The number of aromatic nitrogens is 2. The maximum Gasteiger partial charge on any atom is 0.139 e. The van der Waals surface area contributed by atoms with Crippen LogP contribution in [0.15, 0.2) is 41.0 Å². The molecule has 1 aromatic carbocycles. The second-order valence-corrected chi connectivity index (χ2v) is 8.32. The van der Waals surface area contributed by atoms with Crippen LogP contribution in [-0.2, 0) is 11.2 Å². The van der Waals surface area contributed by atoms with E-state index in [0.717, 1.165) is 53.2 Å². The van der Waals surface area contributed by atoms with Gasteiger partial charge in [-0.15, -0.1) is 0 Å². The molecule has 1 saturated heterocycles. The summed E-state index contributed by atoms with van der Waals surface area (Å²) in [6, 6.07) is 9.61. The third-order valence-electron chi connectivity index (χ3n) is 4.64. The molecule has 1 atom stereocenters. The van der Waals surface area contributed by atoms with Crippen LogP contribution in [0.1, 0.15) is 5.69 Å². The molecular weight excluding hydrogens is 437 g/mol. The van der Waals surface area contributed by atoms with E-state index in [1.165, 1.54) is 0 Å². The summed E-state index contributed by atoms with van der Waals surface area (Å²) in [5.74, 6) is 0. The van der Waals surface area contributed by atoms with E-state index < -0.39 is 0 Å². The van der Waals surface area contributed by atoms with Crippen molar-refractivity contribution >= 4 is 44.8 Å². The van der Waals surface area contributed by atoms with Gasteiger partial charge in [0.15, 0.2) is 0 Å². The van der Waals surface area contributed by atoms with Crippen LogP contribution in [0.3, 0.4) is 0 Å². The van der Waals surface area contributed by atoms with Crippen molar-refractivity contribution in [2.75, 3.05) is 26.7 Å². The van der Waals surface area contributed by atoms with E-state index in [1.54, 1.807) is 0 Å². The highest BCUT2D eigenvalue weighted by molar-refractivity contribution is 9.10. The molecule has 3 heterocycles. The normalized spacial score (nSPS) is 18.5. The van der Waals surface area contributed by atoms with E-state index in [9.17, 15) is 0 Å². The molecule has 7 heteroatoms. The van der Waals surface area contributed by atoms with Crippen molar-refractivity contribution in [3.63, 3.8) is 0 Å². The van der Waals surface area contributed by atoms with Crippen molar-refractivity contribution < 1.29 is 4.74 Å². The molecule has 4 nitrogen and oxygen atoms in total. The Kier molecular flexibility index (Phi) is 5.26. The monoisotopic (exact) mass is 453 g/mol. The Bertz CT molecular complexity index is 959. The summed E-state index contributed by atoms with van der Waals surface area (Å²) < 4.78 is 9.01. The van der Waals surface area contributed by atoms with E-state index in [-0.39, 0.29) is 6.10 Å². The molecule has 0 N–H and O–H groups in total. The average Bonchev–Trinajstić information content (AvgIpc) is 2.92. The van der Waals surface area contributed by atoms with Crippen LogP contribution in [0.2, 0.25) is 10.0 Å². The van der Waals surface area contributed by atoms with Crippen molar-refractivity contribution in [3.05, 3.63) is 56.7 Å². The molecule has 0 amide bonds. The Hall–Kier alpha value is -1.11. The van der Waals surface area contributed by atoms with Gasteiger partial charge in [0.25, 0.3) is 0 Å². The Morgan fingerprint density at radius 2 is 2.12 bits per heavy atom. The number of halogens is 3. The van der Waals surface area contributed by atoms with E-state index in [2.05, 4.69) is 32.3 Å². The van der Waals surface area contributed by atoms with Crippen molar-refractivity contribution in [1.82, 2.24) is 14.3 Å². The smallest absolute Gasteiger partial charge is 0.139 e. The molecular formula is C19H18BrCl2N3O. The first-order chi connectivity index (χ1) is 12.5. The lowest BCUT2D eigenvalue weighted by atomic mass is 10.1. The van der Waals surface area contributed by atoms with Gasteiger partial charge < -0.3 is 14.0 Å². The number of morpholine rings is 1. The van der Waals surface area contributed by atoms with Crippen LogP contribution in [0.5, 0.6) is 0 Å². The van der Waals surface area contributed by atoms with Crippen molar-refractivity contribution in [1.29, 1.82) is 0 Å². The average molecular weight is 455 g/mol. The molecule has 1 fully saturated rings. The number of ether oxygens (including phenoxy) is 1. The van der Waals surface area contributed by atoms with E-state index in [1.807, 2.05) is 36.5 Å². The number of benzene rings is 1. The molecule has 3 aromatic rings. The number of likely N-dealkylation sites (N-methyl/N-ethyl adjacent to an activating group) is 1. The number of fused-ring (bicyclic) bond motifs is 1. The first-order valence-corrected chi connectivity index (χ1v) is 9.98. The van der Waals surface area contributed by atoms with Gasteiger partial charge in [-0.2, -0.15) is 0 Å². The fourth-order valence-corrected chi connectivity index (χ4v) is 4.29. The maximum absolute atomic E-state index is 6.52. The maximum atomic E-state index is 6.52. The molecule has 1 aliphatic rings. The first kappa shape index (κ1) is 18.3. The van der Waals surface area contributed by atoms with Crippen LogP contribution in [0, 0.1) is 0 Å². The Labute approximate surface area is 170 Å². The molecule has 1 unspecified atom stereocenters. The van der Waals surface area contributed by atoms with E-state index in [4.69, 9.17) is 32.9 Å². The predicted octanol–water partition coefficient (Wildman–Crippen LogP) is 4.94. The standard InChI is InChI=1S/C19H18BrCl2N3O/c1-24-6-7-26-14(11-24)10-17-19(15-3-2-12(20)8-16(15)22)23-18-9-13(21)4-5-25(17)18/h2-5,8-9,14H,6-7,10-11H2,1H3. The fraction of sp³-hybridized carbons (Fsp3) is 0.316. The van der Waals surface area contributed by atoms with Crippen LogP contribution in [-0.4, -0.2) is 47.1 Å². The van der Waals surface area contributed by atoms with Gasteiger partial charge in [0, 0.05) is 46.8 Å². The largest absolute Gasteiger partial charge is 0.375 e. The minimum atomic E-state index is 0.123. The Morgan fingerprint density at radius 3 is 2.88 bits per heavy atom. The van der Waals surface area contributed by atoms with Crippen molar-refractivity contribution in [2.45, 2.75) is 12.5 Å². The number of hydrogen-bond acceptors (Lipinski definition) is 3. The number of rotatable bonds is 3. The molecule has 4 rings (SSSR count). The van der Waals surface area contributed by atoms with Gasteiger partial charge in [-0.05, 0) is 25.2 Å². The second kappa shape index (κ2) is 7.49. The lowest BCUT2D eigenvalue weighted by Crippen LogP contribution is -2.41. The summed E-state index contributed by atoms with van der Waals surface area (Å²) in [6.45, 7) is 2.61. The topological polar surface area (TPSA) is 29.8 Å². The Morgan fingerprint density at radius 1 is 1.27 bits per heavy atom. The van der Waals surface area contributed by atoms with Gasteiger partial charge in [-0.25, -0.2) is 4.98 Å². The molecule has 0 aliphatic carbocycles. The summed E-state index contributed by atoms with van der Waals surface area (Å²) in [5, 5.41) is 1.33. The highest BCUT2D eigenvalue weighted by atomic mass is 79.9. The van der Waals surface area contributed by atoms with Gasteiger partial charge in [0.1, 0.15) is 5.65 Å². The highest BCUT2D eigenvalue weighted by Gasteiger charge is 2.24. The van der Waals surface area contributed by atoms with E-state index >= 15 is 0 Å². The molecule has 0 spiro atoms. The van der Waals surface area contributed by atoms with Crippen LogP contribution >= 0.6 is 39.1 Å². The number of nitrogens with zero attached hydrogens (tertiary/aromatic N) is 3. The molecule has 2 aromatic heterocycles. The summed E-state index contributed by atoms with van der Waals surface area (Å²) in [4.78, 5) is 7.12. The van der Waals surface area contributed by atoms with Crippen LogP contribution < -0.4 is 0 Å². The minimum absolute atomic E-state index is 0.123. The zero-order valence-corrected chi connectivity index (χ0v) is 17.4. The van der Waals surface area contributed by atoms with Gasteiger partial charge in [0.05, 0.1) is 29.1 Å². The molecule has 136 valence electrons. The number of hydrogen-bond donors (Lipinski definition) is 0. The van der Waals surface area contributed by atoms with Crippen LogP contribution in [0.4, 0.5) is 0 Å². The zero-order valence-electron chi connectivity index (χ0n) is 14.3. The first-order valence-electron chi connectivity index (χ1n) is 8.43. The quantitative estimate of drug-likeness (QED) is 0.561. The number of pyridine rings is 1. The van der Waals surface area contributed by atoms with Gasteiger partial charge in [-0.1, -0.05) is 45.2 Å².